The molecule has 62 heavy (non-hydrogen) atoms. The van der Waals surface area contributed by atoms with E-state index >= 15 is 35.1 Å². The fourth-order valence-electron chi connectivity index (χ4n) is 6.36. The van der Waals surface area contributed by atoms with Gasteiger partial charge in [0.15, 0.2) is 89.2 Å². The molecular formula is C37H12BF20N3O. The molecule has 0 spiro atoms. The highest BCUT2D eigenvalue weighted by molar-refractivity contribution is 7.20. The van der Waals surface area contributed by atoms with E-state index in [0.29, 0.717) is 5.88 Å². The molecule has 0 atom stereocenters. The fraction of sp³-hybridized carbons (Fsp3) is 0.0541. The Labute approximate surface area is 331 Å². The SMILES string of the molecule is Fc1c(F)c(F)c([B-](c2c(F)c(F)c(F)c(F)c2F)(c2c(F)c(F)c(F)c(F)c2F)c2c(F)c(F)c(F)c(F)c2F)c(F)c1F.N#CCOc1c[n+](Cc2ccccc2)ccn1. The van der Waals surface area contributed by atoms with Crippen LogP contribution in [0.25, 0.3) is 0 Å². The molecule has 4 nitrogen and oxygen atoms in total. The molecule has 0 bridgehead atoms. The van der Waals surface area contributed by atoms with Crippen LogP contribution in [0, 0.1) is 128 Å². The van der Waals surface area contributed by atoms with Crippen molar-refractivity contribution in [3.8, 4) is 11.9 Å². The van der Waals surface area contributed by atoms with Crippen LogP contribution in [0.4, 0.5) is 87.8 Å². The molecule has 0 saturated heterocycles. The van der Waals surface area contributed by atoms with E-state index in [1.165, 1.54) is 5.56 Å². The van der Waals surface area contributed by atoms with Gasteiger partial charge in [0.25, 0.3) is 5.88 Å². The van der Waals surface area contributed by atoms with Crippen LogP contribution in [0.5, 0.6) is 5.88 Å². The topological polar surface area (TPSA) is 49.8 Å². The van der Waals surface area contributed by atoms with Crippen molar-refractivity contribution in [2.75, 3.05) is 6.61 Å². The first kappa shape index (κ1) is 46.2. The maximum absolute atomic E-state index is 15.4. The van der Waals surface area contributed by atoms with Gasteiger partial charge in [-0.3, -0.25) is 0 Å². The molecule has 0 aliphatic rings. The summed E-state index contributed by atoms with van der Waals surface area (Å²) in [5.41, 5.74) is -13.1. The predicted molar refractivity (Wildman–Crippen MR) is 170 cm³/mol. The molecule has 0 saturated carbocycles. The Kier molecular flexibility index (Phi) is 13.1. The number of hydrogen-bond acceptors (Lipinski definition) is 3. The lowest BCUT2D eigenvalue weighted by Crippen LogP contribution is -2.81. The van der Waals surface area contributed by atoms with Gasteiger partial charge in [0.1, 0.15) is 58.8 Å². The molecule has 0 fully saturated rings. The van der Waals surface area contributed by atoms with E-state index < -0.39 is 144 Å². The molecule has 1 heterocycles. The van der Waals surface area contributed by atoms with Gasteiger partial charge >= 0.3 is 0 Å². The molecule has 0 N–H and O–H groups in total. The normalized spacial score (nSPS) is 11.3. The molecule has 0 radical (unpaired) electrons. The predicted octanol–water partition coefficient (Wildman–Crippen LogP) is 7.17. The summed E-state index contributed by atoms with van der Waals surface area (Å²) >= 11 is 0. The van der Waals surface area contributed by atoms with E-state index in [0.717, 1.165) is 6.54 Å². The molecule has 0 unspecified atom stereocenters. The maximum Gasteiger partial charge on any atom is 0.280 e. The minimum Gasteiger partial charge on any atom is -0.458 e. The molecule has 324 valence electrons. The highest BCUT2D eigenvalue weighted by Crippen LogP contribution is 2.30. The minimum absolute atomic E-state index is 0.0162. The molecule has 6 rings (SSSR count). The summed E-state index contributed by atoms with van der Waals surface area (Å²) in [7, 11) is 0. The van der Waals surface area contributed by atoms with E-state index in [-0.39, 0.29) is 6.61 Å². The summed E-state index contributed by atoms with van der Waals surface area (Å²) in [6.07, 6.45) is -1.91. The first-order valence-corrected chi connectivity index (χ1v) is 16.2. The second-order valence-electron chi connectivity index (χ2n) is 12.3. The van der Waals surface area contributed by atoms with Gasteiger partial charge in [-0.15, -0.1) is 21.9 Å². The van der Waals surface area contributed by atoms with Crippen molar-refractivity contribution in [1.29, 1.82) is 5.26 Å². The van der Waals surface area contributed by atoms with Crippen LogP contribution in [-0.2, 0) is 6.54 Å². The average Bonchev–Trinajstić information content (AvgIpc) is 3.26. The molecule has 25 heteroatoms. The lowest BCUT2D eigenvalue weighted by Gasteiger charge is -2.44. The van der Waals surface area contributed by atoms with Gasteiger partial charge < -0.3 is 4.74 Å². The number of benzene rings is 5. The zero-order chi connectivity index (χ0) is 46.3. The molecule has 1 aromatic heterocycles. The van der Waals surface area contributed by atoms with Crippen molar-refractivity contribution < 1.29 is 97.1 Å². The van der Waals surface area contributed by atoms with Gasteiger partial charge in [0.05, 0.1) is 6.20 Å². The number of halogens is 20. The molecule has 0 aliphatic heterocycles. The second-order valence-corrected chi connectivity index (χ2v) is 12.3. The van der Waals surface area contributed by atoms with E-state index in [1.807, 2.05) is 35.0 Å². The summed E-state index contributed by atoms with van der Waals surface area (Å²) in [4.78, 5) is 4.02. The maximum atomic E-state index is 15.4. The van der Waals surface area contributed by atoms with E-state index in [9.17, 15) is 52.7 Å². The summed E-state index contributed by atoms with van der Waals surface area (Å²) in [5, 5.41) is 8.42. The third-order valence-electron chi connectivity index (χ3n) is 8.94. The largest absolute Gasteiger partial charge is 0.458 e. The third kappa shape index (κ3) is 7.46. The Morgan fingerprint density at radius 2 is 0.742 bits per heavy atom. The Morgan fingerprint density at radius 3 is 1.03 bits per heavy atom. The van der Waals surface area contributed by atoms with Crippen molar-refractivity contribution in [2.45, 2.75) is 6.54 Å². The fourth-order valence-corrected chi connectivity index (χ4v) is 6.36. The van der Waals surface area contributed by atoms with Gasteiger partial charge in [-0.25, -0.2) is 92.8 Å². The lowest BCUT2D eigenvalue weighted by atomic mass is 9.12. The summed E-state index contributed by atoms with van der Waals surface area (Å²) in [6, 6.07) is 12.0. The van der Waals surface area contributed by atoms with Crippen LogP contribution >= 0.6 is 0 Å². The van der Waals surface area contributed by atoms with Gasteiger partial charge in [-0.05, 0) is 0 Å². The summed E-state index contributed by atoms with van der Waals surface area (Å²) in [6.45, 7) is 0.772. The number of hydrogen-bond donors (Lipinski definition) is 0. The van der Waals surface area contributed by atoms with Crippen molar-refractivity contribution in [1.82, 2.24) is 4.98 Å². The Hall–Kier alpha value is -6.87. The Balaban J connectivity index is 0.000000355. The van der Waals surface area contributed by atoms with Crippen LogP contribution in [-0.4, -0.2) is 17.7 Å². The standard InChI is InChI=1S/C24BF20.C13H12N3O/c26-5-1(6(27)14(35)21(42)13(5)34)25(2-7(28)15(36)22(43)16(37)8(2)29,3-9(30)17(38)23(44)18(39)10(3)31)4-11(32)19(40)24(45)20(41)12(4)33;14-6-9-17-13-11-16(8-7-15-13)10-12-4-2-1-3-5-12/h;1-5,7-8,11H,9-10H2/q-1;+1. The molecular weight excluding hydrogens is 893 g/mol. The van der Waals surface area contributed by atoms with Crippen molar-refractivity contribution in [3.63, 3.8) is 0 Å². The first-order chi connectivity index (χ1) is 29.1. The van der Waals surface area contributed by atoms with E-state index in [2.05, 4.69) is 17.1 Å². The first-order valence-electron chi connectivity index (χ1n) is 16.2. The number of nitrogens with zero attached hydrogens (tertiary/aromatic N) is 3. The lowest BCUT2D eigenvalue weighted by molar-refractivity contribution is -0.689. The molecule has 5 aromatic carbocycles. The highest BCUT2D eigenvalue weighted by Gasteiger charge is 2.52. The van der Waals surface area contributed by atoms with Gasteiger partial charge in [0, 0.05) is 5.56 Å². The van der Waals surface area contributed by atoms with E-state index in [1.54, 1.807) is 12.4 Å². The monoisotopic (exact) mass is 905 g/mol. The quantitative estimate of drug-likeness (QED) is 0.0536. The van der Waals surface area contributed by atoms with Gasteiger partial charge in [-0.2, -0.15) is 9.83 Å². The average molecular weight is 905 g/mol. The van der Waals surface area contributed by atoms with Crippen molar-refractivity contribution >= 4 is 28.0 Å². The zero-order valence-corrected chi connectivity index (χ0v) is 29.4. The Bertz CT molecular complexity index is 2420. The molecule has 0 amide bonds. The molecule has 6 aromatic rings. The second kappa shape index (κ2) is 17.6. The van der Waals surface area contributed by atoms with Crippen molar-refractivity contribution in [3.05, 3.63) is 171 Å². The van der Waals surface area contributed by atoms with Crippen molar-refractivity contribution in [2.24, 2.45) is 0 Å². The number of aromatic nitrogens is 2. The Morgan fingerprint density at radius 1 is 0.452 bits per heavy atom. The zero-order valence-electron chi connectivity index (χ0n) is 29.4. The van der Waals surface area contributed by atoms with Crippen LogP contribution in [0.3, 0.4) is 0 Å². The van der Waals surface area contributed by atoms with Crippen LogP contribution in [0.15, 0.2) is 48.9 Å². The highest BCUT2D eigenvalue weighted by atomic mass is 19.2. The number of ether oxygens (including phenoxy) is 1. The summed E-state index contributed by atoms with van der Waals surface area (Å²) in [5.74, 6) is -70.9. The van der Waals surface area contributed by atoms with Crippen LogP contribution < -0.4 is 31.2 Å². The number of rotatable bonds is 8. The van der Waals surface area contributed by atoms with Gasteiger partial charge in [-0.1, -0.05) is 30.3 Å². The summed E-state index contributed by atoms with van der Waals surface area (Å²) < 4.78 is 301. The smallest absolute Gasteiger partial charge is 0.280 e. The molecule has 0 aliphatic carbocycles. The third-order valence-corrected chi connectivity index (χ3v) is 8.94. The number of nitriles is 1. The van der Waals surface area contributed by atoms with Crippen LogP contribution in [0.2, 0.25) is 0 Å². The van der Waals surface area contributed by atoms with Crippen LogP contribution in [0.1, 0.15) is 5.56 Å². The van der Waals surface area contributed by atoms with E-state index in [4.69, 9.17) is 10.00 Å². The van der Waals surface area contributed by atoms with Gasteiger partial charge in [0.2, 0.25) is 6.20 Å². The minimum atomic E-state index is -7.22.